The Morgan fingerprint density at radius 2 is 2.17 bits per heavy atom. The van der Waals surface area contributed by atoms with Crippen molar-refractivity contribution in [2.45, 2.75) is 25.4 Å². The van der Waals surface area contributed by atoms with Gasteiger partial charge < -0.3 is 5.11 Å². The maximum atomic E-state index is 11.8. The average molecular weight is 247 g/mol. The van der Waals surface area contributed by atoms with Crippen LogP contribution >= 0.6 is 0 Å². The molecule has 0 saturated heterocycles. The van der Waals surface area contributed by atoms with Crippen LogP contribution < -0.4 is 0 Å². The van der Waals surface area contributed by atoms with Crippen molar-refractivity contribution in [1.82, 2.24) is 4.90 Å². The Labute approximate surface area is 106 Å². The summed E-state index contributed by atoms with van der Waals surface area (Å²) in [5.74, 6) is -0.385. The van der Waals surface area contributed by atoms with Crippen LogP contribution in [0.3, 0.4) is 0 Å². The molecule has 1 aromatic carbocycles. The van der Waals surface area contributed by atoms with Crippen LogP contribution in [0.4, 0.5) is 0 Å². The number of nitrogens with zero attached hydrogens (tertiary/aromatic N) is 1. The van der Waals surface area contributed by atoms with E-state index in [0.717, 1.165) is 30.5 Å². The first-order chi connectivity index (χ1) is 8.77. The Bertz CT molecular complexity index is 444. The van der Waals surface area contributed by atoms with Crippen molar-refractivity contribution in [2.24, 2.45) is 0 Å². The zero-order valence-corrected chi connectivity index (χ0v) is 10.2. The molecule has 1 N–H and O–H groups in total. The minimum Gasteiger partial charge on any atom is -0.396 e. The van der Waals surface area contributed by atoms with Gasteiger partial charge in [0.25, 0.3) is 0 Å². The number of aldehydes is 1. The summed E-state index contributed by atoms with van der Waals surface area (Å²) in [4.78, 5) is 24.5. The molecule has 4 nitrogen and oxygen atoms in total. The Kier molecular flexibility index (Phi) is 4.23. The third-order valence-corrected chi connectivity index (χ3v) is 3.33. The van der Waals surface area contributed by atoms with E-state index in [2.05, 4.69) is 0 Å². The molecule has 1 unspecified atom stereocenters. The largest absolute Gasteiger partial charge is 0.396 e. The molecule has 2 rings (SSSR count). The molecule has 1 aliphatic heterocycles. The molecular formula is C14H17NO3. The summed E-state index contributed by atoms with van der Waals surface area (Å²) < 4.78 is 0. The van der Waals surface area contributed by atoms with Gasteiger partial charge in [0.1, 0.15) is 6.04 Å². The second kappa shape index (κ2) is 5.89. The summed E-state index contributed by atoms with van der Waals surface area (Å²) in [5.41, 5.74) is 2.06. The smallest absolute Gasteiger partial charge is 0.216 e. The zero-order chi connectivity index (χ0) is 13.0. The lowest BCUT2D eigenvalue weighted by Crippen LogP contribution is -2.30. The highest BCUT2D eigenvalue weighted by molar-refractivity contribution is 6.27. The number of fused-ring (bicyclic) bond motifs is 1. The number of Topliss-reactive ketones (excluding diaryl/α,β-unsaturated/α-hetero) is 1. The number of aliphatic hydroxyl groups excluding tert-OH is 1. The quantitative estimate of drug-likeness (QED) is 0.464. The molecule has 0 aliphatic carbocycles. The van der Waals surface area contributed by atoms with Crippen LogP contribution in [0.2, 0.25) is 0 Å². The van der Waals surface area contributed by atoms with Gasteiger partial charge in [-0.1, -0.05) is 24.3 Å². The van der Waals surface area contributed by atoms with Crippen molar-refractivity contribution < 1.29 is 14.7 Å². The molecular weight excluding hydrogens is 230 g/mol. The van der Waals surface area contributed by atoms with E-state index in [0.29, 0.717) is 12.8 Å². The van der Waals surface area contributed by atoms with E-state index in [1.807, 2.05) is 29.2 Å². The number of hydrogen-bond acceptors (Lipinski definition) is 4. The van der Waals surface area contributed by atoms with E-state index in [9.17, 15) is 9.59 Å². The number of aliphatic hydroxyl groups is 1. The summed E-state index contributed by atoms with van der Waals surface area (Å²) in [6, 6.07) is 7.30. The van der Waals surface area contributed by atoms with Crippen LogP contribution in [-0.4, -0.2) is 35.2 Å². The molecule has 0 bridgehead atoms. The van der Waals surface area contributed by atoms with E-state index in [4.69, 9.17) is 5.11 Å². The first-order valence-corrected chi connectivity index (χ1v) is 6.19. The number of ketones is 1. The highest BCUT2D eigenvalue weighted by Crippen LogP contribution is 2.33. The van der Waals surface area contributed by atoms with Crippen LogP contribution in [-0.2, 0) is 16.1 Å². The summed E-state index contributed by atoms with van der Waals surface area (Å²) in [5, 5.41) is 8.79. The maximum absolute atomic E-state index is 11.8. The first-order valence-electron chi connectivity index (χ1n) is 6.19. The van der Waals surface area contributed by atoms with E-state index in [1.165, 1.54) is 0 Å². The van der Waals surface area contributed by atoms with Crippen LogP contribution in [0.25, 0.3) is 0 Å². The fourth-order valence-electron chi connectivity index (χ4n) is 2.48. The zero-order valence-electron chi connectivity index (χ0n) is 10.2. The normalized spacial score (nSPS) is 18.6. The molecule has 1 aliphatic rings. The highest BCUT2D eigenvalue weighted by atomic mass is 16.3. The Morgan fingerprint density at radius 3 is 2.89 bits per heavy atom. The monoisotopic (exact) mass is 247 g/mol. The van der Waals surface area contributed by atoms with Crippen LogP contribution in [0.1, 0.15) is 30.0 Å². The third-order valence-electron chi connectivity index (χ3n) is 3.33. The van der Waals surface area contributed by atoms with Gasteiger partial charge in [-0.05, 0) is 30.5 Å². The summed E-state index contributed by atoms with van der Waals surface area (Å²) in [6.07, 6.45) is 1.95. The molecule has 0 fully saturated rings. The third kappa shape index (κ3) is 2.49. The van der Waals surface area contributed by atoms with Crippen molar-refractivity contribution in [3.8, 4) is 0 Å². The van der Waals surface area contributed by atoms with Gasteiger partial charge in [-0.15, -0.1) is 0 Å². The highest BCUT2D eigenvalue weighted by Gasteiger charge is 2.34. The van der Waals surface area contributed by atoms with E-state index in [1.54, 1.807) is 0 Å². The minimum atomic E-state index is -0.433. The standard InChI is InChI=1S/C14H17NO3/c16-8-4-3-7-15-9-11-5-1-2-6-12(11)14(15)13(18)10-17/h1-2,5-6,10,14,16H,3-4,7-9H2. The second-order valence-corrected chi connectivity index (χ2v) is 4.52. The fourth-order valence-corrected chi connectivity index (χ4v) is 2.48. The van der Waals surface area contributed by atoms with E-state index < -0.39 is 6.04 Å². The Balaban J connectivity index is 2.17. The maximum Gasteiger partial charge on any atom is 0.216 e. The lowest BCUT2D eigenvalue weighted by Gasteiger charge is -2.21. The summed E-state index contributed by atoms with van der Waals surface area (Å²) >= 11 is 0. The lowest BCUT2D eigenvalue weighted by molar-refractivity contribution is -0.133. The van der Waals surface area contributed by atoms with Gasteiger partial charge >= 0.3 is 0 Å². The van der Waals surface area contributed by atoms with Crippen LogP contribution in [0.5, 0.6) is 0 Å². The molecule has 1 aromatic rings. The van der Waals surface area contributed by atoms with Gasteiger partial charge in [0.15, 0.2) is 6.29 Å². The number of carbonyl (C=O) groups is 2. The molecule has 1 heterocycles. The van der Waals surface area contributed by atoms with Crippen molar-refractivity contribution >= 4 is 12.1 Å². The number of carbonyl (C=O) groups excluding carboxylic acids is 2. The molecule has 96 valence electrons. The molecule has 0 amide bonds. The number of benzene rings is 1. The lowest BCUT2D eigenvalue weighted by atomic mass is 10.0. The fraction of sp³-hybridized carbons (Fsp3) is 0.429. The van der Waals surface area contributed by atoms with Crippen LogP contribution in [0, 0.1) is 0 Å². The van der Waals surface area contributed by atoms with Crippen molar-refractivity contribution in [3.63, 3.8) is 0 Å². The minimum absolute atomic E-state index is 0.160. The molecule has 0 aromatic heterocycles. The molecule has 18 heavy (non-hydrogen) atoms. The number of unbranched alkanes of at least 4 members (excludes halogenated alkanes) is 1. The van der Waals surface area contributed by atoms with Crippen molar-refractivity contribution in [2.75, 3.05) is 13.2 Å². The number of rotatable bonds is 6. The Morgan fingerprint density at radius 1 is 1.39 bits per heavy atom. The molecule has 0 saturated carbocycles. The van der Waals surface area contributed by atoms with Gasteiger partial charge in [0.2, 0.25) is 5.78 Å². The first kappa shape index (κ1) is 12.9. The van der Waals surface area contributed by atoms with E-state index in [-0.39, 0.29) is 12.4 Å². The van der Waals surface area contributed by atoms with E-state index >= 15 is 0 Å². The predicted octanol–water partition coefficient (Wildman–Crippen LogP) is 1.08. The molecule has 4 heteroatoms. The second-order valence-electron chi connectivity index (χ2n) is 4.52. The van der Waals surface area contributed by atoms with Gasteiger partial charge in [-0.2, -0.15) is 0 Å². The summed E-state index contributed by atoms with van der Waals surface area (Å²) in [7, 11) is 0. The predicted molar refractivity (Wildman–Crippen MR) is 67.0 cm³/mol. The summed E-state index contributed by atoms with van der Waals surface area (Å²) in [6.45, 7) is 1.58. The molecule has 1 atom stereocenters. The number of hydrogen-bond donors (Lipinski definition) is 1. The van der Waals surface area contributed by atoms with Gasteiger partial charge in [-0.3, -0.25) is 14.5 Å². The topological polar surface area (TPSA) is 57.6 Å². The SMILES string of the molecule is O=CC(=O)C1c2ccccc2CN1CCCCO. The molecule has 0 radical (unpaired) electrons. The Hall–Kier alpha value is -1.52. The van der Waals surface area contributed by atoms with Crippen molar-refractivity contribution in [3.05, 3.63) is 35.4 Å². The van der Waals surface area contributed by atoms with Gasteiger partial charge in [0, 0.05) is 13.2 Å². The van der Waals surface area contributed by atoms with Crippen molar-refractivity contribution in [1.29, 1.82) is 0 Å². The average Bonchev–Trinajstić information content (AvgIpc) is 2.76. The van der Waals surface area contributed by atoms with Gasteiger partial charge in [-0.25, -0.2) is 0 Å². The van der Waals surface area contributed by atoms with Gasteiger partial charge in [0.05, 0.1) is 0 Å². The van der Waals surface area contributed by atoms with Crippen LogP contribution in [0.15, 0.2) is 24.3 Å². The molecule has 0 spiro atoms.